The molecule has 0 bridgehead atoms. The zero-order valence-electron chi connectivity index (χ0n) is 17.4. The van der Waals surface area contributed by atoms with Gasteiger partial charge in [0.05, 0.1) is 0 Å². The summed E-state index contributed by atoms with van der Waals surface area (Å²) in [6.07, 6.45) is 7.99. The van der Waals surface area contributed by atoms with Crippen LogP contribution in [0.25, 0.3) is 6.08 Å². The number of ether oxygens (including phenoxy) is 1. The van der Waals surface area contributed by atoms with E-state index in [-0.39, 0.29) is 0 Å². The van der Waals surface area contributed by atoms with Crippen molar-refractivity contribution in [1.29, 1.82) is 0 Å². The first-order valence-electron chi connectivity index (χ1n) is 10.4. The van der Waals surface area contributed by atoms with Crippen molar-refractivity contribution < 1.29 is 19.1 Å². The molecule has 31 heavy (non-hydrogen) atoms. The predicted octanol–water partition coefficient (Wildman–Crippen LogP) is 3.36. The van der Waals surface area contributed by atoms with Gasteiger partial charge >= 0.3 is 5.97 Å². The SMILES string of the molecule is NC(=O)c1ccc(NC(=O)COC(=O)/C=C/c2ccc(N3CCCCCC3)cc2)cc1. The summed E-state index contributed by atoms with van der Waals surface area (Å²) >= 11 is 0. The van der Waals surface area contributed by atoms with E-state index in [1.54, 1.807) is 18.2 Å². The van der Waals surface area contributed by atoms with Gasteiger partial charge in [-0.1, -0.05) is 25.0 Å². The topological polar surface area (TPSA) is 102 Å². The highest BCUT2D eigenvalue weighted by molar-refractivity contribution is 5.96. The van der Waals surface area contributed by atoms with Crippen LogP contribution in [0.3, 0.4) is 0 Å². The van der Waals surface area contributed by atoms with Crippen molar-refractivity contribution in [1.82, 2.24) is 0 Å². The molecule has 1 saturated heterocycles. The average Bonchev–Trinajstić information content (AvgIpc) is 3.06. The number of anilines is 2. The van der Waals surface area contributed by atoms with E-state index in [1.165, 1.54) is 49.6 Å². The van der Waals surface area contributed by atoms with Crippen molar-refractivity contribution in [3.8, 4) is 0 Å². The molecule has 7 nitrogen and oxygen atoms in total. The number of hydrogen-bond donors (Lipinski definition) is 2. The predicted molar refractivity (Wildman–Crippen MR) is 121 cm³/mol. The number of carbonyl (C=O) groups excluding carboxylic acids is 3. The number of primary amides is 1. The van der Waals surface area contributed by atoms with E-state index in [4.69, 9.17) is 10.5 Å². The summed E-state index contributed by atoms with van der Waals surface area (Å²) in [4.78, 5) is 37.3. The minimum Gasteiger partial charge on any atom is -0.452 e. The first kappa shape index (κ1) is 22.1. The number of esters is 1. The van der Waals surface area contributed by atoms with Crippen LogP contribution in [0.15, 0.2) is 54.6 Å². The summed E-state index contributed by atoms with van der Waals surface area (Å²) in [5, 5.41) is 2.58. The Balaban J connectivity index is 1.44. The Morgan fingerprint density at radius 2 is 1.58 bits per heavy atom. The minimum absolute atomic E-state index is 0.342. The van der Waals surface area contributed by atoms with E-state index >= 15 is 0 Å². The molecular weight excluding hydrogens is 394 g/mol. The fourth-order valence-corrected chi connectivity index (χ4v) is 3.39. The third kappa shape index (κ3) is 6.99. The molecule has 0 saturated carbocycles. The maximum Gasteiger partial charge on any atom is 0.331 e. The van der Waals surface area contributed by atoms with Crippen molar-refractivity contribution in [2.24, 2.45) is 5.73 Å². The molecule has 1 aliphatic heterocycles. The Kier molecular flexibility index (Phi) is 7.81. The first-order valence-corrected chi connectivity index (χ1v) is 10.4. The zero-order valence-corrected chi connectivity index (χ0v) is 17.4. The number of nitrogens with zero attached hydrogens (tertiary/aromatic N) is 1. The third-order valence-corrected chi connectivity index (χ3v) is 5.07. The largest absolute Gasteiger partial charge is 0.452 e. The molecular formula is C24H27N3O4. The quantitative estimate of drug-likeness (QED) is 0.527. The Labute approximate surface area is 181 Å². The Morgan fingerprint density at radius 3 is 2.19 bits per heavy atom. The Hall–Kier alpha value is -3.61. The van der Waals surface area contributed by atoms with E-state index in [9.17, 15) is 14.4 Å². The van der Waals surface area contributed by atoms with Crippen LogP contribution >= 0.6 is 0 Å². The zero-order chi connectivity index (χ0) is 22.1. The van der Waals surface area contributed by atoms with Gasteiger partial charge in [0.25, 0.3) is 5.91 Å². The lowest BCUT2D eigenvalue weighted by atomic mass is 10.1. The van der Waals surface area contributed by atoms with Gasteiger partial charge in [-0.3, -0.25) is 9.59 Å². The lowest BCUT2D eigenvalue weighted by molar-refractivity contribution is -0.142. The van der Waals surface area contributed by atoms with E-state index < -0.39 is 24.4 Å². The van der Waals surface area contributed by atoms with Gasteiger partial charge in [-0.15, -0.1) is 0 Å². The van der Waals surface area contributed by atoms with Crippen LogP contribution in [0.5, 0.6) is 0 Å². The van der Waals surface area contributed by atoms with Crippen molar-refractivity contribution >= 4 is 35.2 Å². The standard InChI is InChI=1S/C24H27N3O4/c25-24(30)19-8-10-20(11-9-19)26-22(28)17-31-23(29)14-7-18-5-12-21(13-6-18)27-15-3-1-2-4-16-27/h5-14H,1-4,15-17H2,(H2,25,30)(H,26,28)/b14-7+. The molecule has 2 aromatic rings. The summed E-state index contributed by atoms with van der Waals surface area (Å²) in [6.45, 7) is 1.76. The van der Waals surface area contributed by atoms with E-state index in [1.807, 2.05) is 12.1 Å². The minimum atomic E-state index is -0.601. The highest BCUT2D eigenvalue weighted by Crippen LogP contribution is 2.20. The maximum absolute atomic E-state index is 11.9. The summed E-state index contributed by atoms with van der Waals surface area (Å²) in [6, 6.07) is 14.2. The second-order valence-electron chi connectivity index (χ2n) is 7.42. The highest BCUT2D eigenvalue weighted by atomic mass is 16.5. The number of rotatable bonds is 7. The number of amides is 2. The maximum atomic E-state index is 11.9. The highest BCUT2D eigenvalue weighted by Gasteiger charge is 2.10. The lowest BCUT2D eigenvalue weighted by Crippen LogP contribution is -2.23. The number of nitrogens with one attached hydrogen (secondary N) is 1. The monoisotopic (exact) mass is 421 g/mol. The molecule has 0 radical (unpaired) electrons. The van der Waals surface area contributed by atoms with Gasteiger partial charge in [0, 0.05) is 36.1 Å². The van der Waals surface area contributed by atoms with Crippen molar-refractivity contribution in [3.05, 3.63) is 65.7 Å². The molecule has 0 atom stereocenters. The molecule has 3 rings (SSSR count). The number of benzene rings is 2. The molecule has 7 heteroatoms. The van der Waals surface area contributed by atoms with E-state index in [2.05, 4.69) is 22.3 Å². The van der Waals surface area contributed by atoms with Gasteiger partial charge in [-0.2, -0.15) is 0 Å². The van der Waals surface area contributed by atoms with Crippen molar-refractivity contribution in [2.45, 2.75) is 25.7 Å². The average molecular weight is 421 g/mol. The lowest BCUT2D eigenvalue weighted by Gasteiger charge is -2.22. The number of hydrogen-bond acceptors (Lipinski definition) is 5. The molecule has 0 aromatic heterocycles. The fourth-order valence-electron chi connectivity index (χ4n) is 3.39. The molecule has 0 aliphatic carbocycles. The van der Waals surface area contributed by atoms with Crippen molar-refractivity contribution in [2.75, 3.05) is 29.9 Å². The van der Waals surface area contributed by atoms with Crippen LogP contribution < -0.4 is 16.0 Å². The first-order chi connectivity index (χ1) is 15.0. The summed E-state index contributed by atoms with van der Waals surface area (Å²) in [7, 11) is 0. The Bertz CT molecular complexity index is 928. The van der Waals surface area contributed by atoms with E-state index in [0.29, 0.717) is 11.3 Å². The third-order valence-electron chi connectivity index (χ3n) is 5.07. The van der Waals surface area contributed by atoms with Gasteiger partial charge in [0.1, 0.15) is 0 Å². The van der Waals surface area contributed by atoms with Crippen molar-refractivity contribution in [3.63, 3.8) is 0 Å². The van der Waals surface area contributed by atoms with Gasteiger partial charge in [0.15, 0.2) is 6.61 Å². The van der Waals surface area contributed by atoms with Crippen LogP contribution in [-0.2, 0) is 14.3 Å². The summed E-state index contributed by atoms with van der Waals surface area (Å²) in [5.74, 6) is -1.62. The molecule has 0 spiro atoms. The number of nitrogens with two attached hydrogens (primary N) is 1. The van der Waals surface area contributed by atoms with Gasteiger partial charge in [0.2, 0.25) is 5.91 Å². The molecule has 1 fully saturated rings. The fraction of sp³-hybridized carbons (Fsp3) is 0.292. The molecule has 0 unspecified atom stereocenters. The second-order valence-corrected chi connectivity index (χ2v) is 7.42. The summed E-state index contributed by atoms with van der Waals surface area (Å²) < 4.78 is 4.97. The summed E-state index contributed by atoms with van der Waals surface area (Å²) in [5.41, 5.74) is 8.07. The van der Waals surface area contributed by atoms with Gasteiger partial charge in [-0.25, -0.2) is 4.79 Å². The second kappa shape index (κ2) is 11.0. The van der Waals surface area contributed by atoms with Crippen LogP contribution in [0.2, 0.25) is 0 Å². The molecule has 1 heterocycles. The van der Waals surface area contributed by atoms with Crippen LogP contribution in [0.4, 0.5) is 11.4 Å². The van der Waals surface area contributed by atoms with Crippen LogP contribution in [0.1, 0.15) is 41.6 Å². The number of carbonyl (C=O) groups is 3. The smallest absolute Gasteiger partial charge is 0.331 e. The molecule has 2 aromatic carbocycles. The molecule has 1 aliphatic rings. The molecule has 2 amide bonds. The Morgan fingerprint density at radius 1 is 0.935 bits per heavy atom. The van der Waals surface area contributed by atoms with Crippen LogP contribution in [0, 0.1) is 0 Å². The molecule has 162 valence electrons. The van der Waals surface area contributed by atoms with Crippen LogP contribution in [-0.4, -0.2) is 37.5 Å². The van der Waals surface area contributed by atoms with Gasteiger partial charge < -0.3 is 20.7 Å². The van der Waals surface area contributed by atoms with E-state index in [0.717, 1.165) is 18.7 Å². The normalized spacial score (nSPS) is 14.1. The molecule has 3 N–H and O–H groups in total. The van der Waals surface area contributed by atoms with Gasteiger partial charge in [-0.05, 0) is 60.9 Å².